The van der Waals surface area contributed by atoms with E-state index in [4.69, 9.17) is 4.74 Å². The largest absolute Gasteiger partial charge is 0.481 e. The van der Waals surface area contributed by atoms with Crippen molar-refractivity contribution in [2.45, 2.75) is 20.3 Å². The summed E-state index contributed by atoms with van der Waals surface area (Å²) in [6, 6.07) is 5.41. The third-order valence-electron chi connectivity index (χ3n) is 2.77. The van der Waals surface area contributed by atoms with E-state index in [0.717, 1.165) is 11.3 Å². The third-order valence-corrected chi connectivity index (χ3v) is 4.15. The Morgan fingerprint density at radius 3 is 2.79 bits per heavy atom. The zero-order chi connectivity index (χ0) is 13.8. The minimum atomic E-state index is -0.0974. The molecule has 2 aromatic rings. The second kappa shape index (κ2) is 5.84. The molecule has 2 heterocycles. The van der Waals surface area contributed by atoms with Crippen molar-refractivity contribution in [1.29, 1.82) is 0 Å². The fourth-order valence-electron chi connectivity index (χ4n) is 1.75. The normalized spacial score (nSPS) is 10.3. The zero-order valence-corrected chi connectivity index (χ0v) is 12.0. The second-order valence-electron chi connectivity index (χ2n) is 4.11. The van der Waals surface area contributed by atoms with Crippen LogP contribution in [0.2, 0.25) is 0 Å². The number of rotatable bonds is 4. The smallest absolute Gasteiger partial charge is 0.265 e. The van der Waals surface area contributed by atoms with Gasteiger partial charge in [-0.05, 0) is 31.0 Å². The second-order valence-corrected chi connectivity index (χ2v) is 5.25. The maximum absolute atomic E-state index is 12.1. The number of carbonyl (C=O) groups excluding carboxylic acids is 1. The summed E-state index contributed by atoms with van der Waals surface area (Å²) in [6.07, 6.45) is 2.53. The number of hydrogen-bond donors (Lipinski definition) is 1. The van der Waals surface area contributed by atoms with Crippen LogP contribution in [0.15, 0.2) is 24.4 Å². The number of thiophene rings is 1. The zero-order valence-electron chi connectivity index (χ0n) is 11.2. The highest BCUT2D eigenvalue weighted by Gasteiger charge is 2.12. The molecular formula is C14H16N2O2S. The third kappa shape index (κ3) is 3.12. The first kappa shape index (κ1) is 13.5. The summed E-state index contributed by atoms with van der Waals surface area (Å²) in [6.45, 7) is 4.12. The van der Waals surface area contributed by atoms with E-state index in [1.165, 1.54) is 21.8 Å². The maximum atomic E-state index is 12.1. The number of anilines is 1. The molecule has 2 rings (SSSR count). The Hall–Kier alpha value is -1.88. The summed E-state index contributed by atoms with van der Waals surface area (Å²) in [5.41, 5.74) is 1.83. The van der Waals surface area contributed by atoms with Crippen LogP contribution in [0, 0.1) is 6.92 Å². The highest BCUT2D eigenvalue weighted by Crippen LogP contribution is 2.23. The summed E-state index contributed by atoms with van der Waals surface area (Å²) in [7, 11) is 1.56. The van der Waals surface area contributed by atoms with Crippen LogP contribution in [0.4, 0.5) is 5.69 Å². The molecule has 1 N–H and O–H groups in total. The van der Waals surface area contributed by atoms with Gasteiger partial charge in [0.2, 0.25) is 5.88 Å². The maximum Gasteiger partial charge on any atom is 0.265 e. The van der Waals surface area contributed by atoms with Crippen molar-refractivity contribution in [3.63, 3.8) is 0 Å². The van der Waals surface area contributed by atoms with E-state index in [1.807, 2.05) is 13.0 Å². The summed E-state index contributed by atoms with van der Waals surface area (Å²) in [4.78, 5) is 18.1. The van der Waals surface area contributed by atoms with E-state index in [0.29, 0.717) is 11.6 Å². The molecule has 100 valence electrons. The molecule has 5 heteroatoms. The van der Waals surface area contributed by atoms with Crippen LogP contribution >= 0.6 is 11.3 Å². The first-order valence-electron chi connectivity index (χ1n) is 6.04. The highest BCUT2D eigenvalue weighted by atomic mass is 32.1. The molecule has 0 fully saturated rings. The number of aromatic nitrogens is 1. The number of pyridine rings is 1. The SMILES string of the molecule is CCc1sc(C(=O)Nc2ccc(OC)nc2)cc1C. The molecule has 0 saturated heterocycles. The quantitative estimate of drug-likeness (QED) is 0.932. The number of amides is 1. The average molecular weight is 276 g/mol. The molecule has 0 aliphatic rings. The van der Waals surface area contributed by atoms with Crippen LogP contribution in [0.25, 0.3) is 0 Å². The Labute approximate surface area is 116 Å². The van der Waals surface area contributed by atoms with Gasteiger partial charge in [-0.15, -0.1) is 11.3 Å². The molecule has 1 amide bonds. The minimum Gasteiger partial charge on any atom is -0.481 e. The number of ether oxygens (including phenoxy) is 1. The molecule has 0 radical (unpaired) electrons. The Bertz CT molecular complexity index is 576. The van der Waals surface area contributed by atoms with Crippen LogP contribution in [-0.2, 0) is 6.42 Å². The van der Waals surface area contributed by atoms with Gasteiger partial charge in [-0.1, -0.05) is 6.92 Å². The predicted octanol–water partition coefficient (Wildman–Crippen LogP) is 3.27. The van der Waals surface area contributed by atoms with Gasteiger partial charge in [-0.25, -0.2) is 4.98 Å². The molecule has 0 bridgehead atoms. The molecule has 4 nitrogen and oxygen atoms in total. The van der Waals surface area contributed by atoms with Gasteiger partial charge in [0, 0.05) is 10.9 Å². The summed E-state index contributed by atoms with van der Waals surface area (Å²) >= 11 is 1.54. The van der Waals surface area contributed by atoms with Crippen molar-refractivity contribution in [3.05, 3.63) is 39.7 Å². The van der Waals surface area contributed by atoms with Gasteiger partial charge < -0.3 is 10.1 Å². The molecule has 0 unspecified atom stereocenters. The molecule has 0 spiro atoms. The first-order chi connectivity index (χ1) is 9.13. The van der Waals surface area contributed by atoms with Crippen molar-refractivity contribution in [2.24, 2.45) is 0 Å². The van der Waals surface area contributed by atoms with Crippen LogP contribution < -0.4 is 10.1 Å². The van der Waals surface area contributed by atoms with Gasteiger partial charge in [0.15, 0.2) is 0 Å². The van der Waals surface area contributed by atoms with Gasteiger partial charge in [-0.2, -0.15) is 0 Å². The number of hydrogen-bond acceptors (Lipinski definition) is 4. The van der Waals surface area contributed by atoms with E-state index in [1.54, 1.807) is 25.4 Å². The van der Waals surface area contributed by atoms with Gasteiger partial charge in [0.25, 0.3) is 5.91 Å². The van der Waals surface area contributed by atoms with E-state index in [-0.39, 0.29) is 5.91 Å². The molecule has 2 aromatic heterocycles. The molecule has 0 aromatic carbocycles. The molecule has 0 atom stereocenters. The Kier molecular flexibility index (Phi) is 4.16. The van der Waals surface area contributed by atoms with Crippen molar-refractivity contribution in [3.8, 4) is 5.88 Å². The molecule has 0 aliphatic carbocycles. The lowest BCUT2D eigenvalue weighted by Crippen LogP contribution is -2.10. The summed E-state index contributed by atoms with van der Waals surface area (Å²) < 4.78 is 4.97. The van der Waals surface area contributed by atoms with Crippen LogP contribution in [0.3, 0.4) is 0 Å². The van der Waals surface area contributed by atoms with Gasteiger partial charge in [0.1, 0.15) is 0 Å². The lowest BCUT2D eigenvalue weighted by molar-refractivity contribution is 0.103. The van der Waals surface area contributed by atoms with E-state index in [9.17, 15) is 4.79 Å². The number of nitrogens with one attached hydrogen (secondary N) is 1. The monoisotopic (exact) mass is 276 g/mol. The number of methoxy groups -OCH3 is 1. The number of carbonyl (C=O) groups is 1. The van der Waals surface area contributed by atoms with Crippen LogP contribution in [0.1, 0.15) is 27.0 Å². The number of nitrogens with zero attached hydrogens (tertiary/aromatic N) is 1. The van der Waals surface area contributed by atoms with Gasteiger partial charge in [0.05, 0.1) is 23.9 Å². The topological polar surface area (TPSA) is 51.2 Å². The fourth-order valence-corrected chi connectivity index (χ4v) is 2.76. The van der Waals surface area contributed by atoms with E-state index in [2.05, 4.69) is 17.2 Å². The predicted molar refractivity (Wildman–Crippen MR) is 77.2 cm³/mol. The lowest BCUT2D eigenvalue weighted by atomic mass is 10.2. The molecule has 0 aliphatic heterocycles. The Morgan fingerprint density at radius 2 is 2.26 bits per heavy atom. The lowest BCUT2D eigenvalue weighted by Gasteiger charge is -2.03. The average Bonchev–Trinajstić information content (AvgIpc) is 2.81. The van der Waals surface area contributed by atoms with Gasteiger partial charge >= 0.3 is 0 Å². The molecular weight excluding hydrogens is 260 g/mol. The summed E-state index contributed by atoms with van der Waals surface area (Å²) in [5.74, 6) is 0.429. The standard InChI is InChI=1S/C14H16N2O2S/c1-4-11-9(2)7-12(19-11)14(17)16-10-5-6-13(18-3)15-8-10/h5-8H,4H2,1-3H3,(H,16,17). The van der Waals surface area contributed by atoms with Crippen molar-refractivity contribution in [1.82, 2.24) is 4.98 Å². The van der Waals surface area contributed by atoms with Crippen molar-refractivity contribution >= 4 is 22.9 Å². The van der Waals surface area contributed by atoms with Crippen molar-refractivity contribution in [2.75, 3.05) is 12.4 Å². The fraction of sp³-hybridized carbons (Fsp3) is 0.286. The summed E-state index contributed by atoms with van der Waals surface area (Å²) in [5, 5.41) is 2.83. The van der Waals surface area contributed by atoms with E-state index >= 15 is 0 Å². The minimum absolute atomic E-state index is 0.0974. The highest BCUT2D eigenvalue weighted by molar-refractivity contribution is 7.14. The van der Waals surface area contributed by atoms with Gasteiger partial charge in [-0.3, -0.25) is 4.79 Å². The first-order valence-corrected chi connectivity index (χ1v) is 6.86. The Balaban J connectivity index is 2.11. The van der Waals surface area contributed by atoms with Crippen LogP contribution in [0.5, 0.6) is 5.88 Å². The van der Waals surface area contributed by atoms with Crippen molar-refractivity contribution < 1.29 is 9.53 Å². The number of aryl methyl sites for hydroxylation is 2. The molecule has 19 heavy (non-hydrogen) atoms. The van der Waals surface area contributed by atoms with E-state index < -0.39 is 0 Å². The molecule has 0 saturated carbocycles. The Morgan fingerprint density at radius 1 is 1.47 bits per heavy atom. The van der Waals surface area contributed by atoms with Crippen LogP contribution in [-0.4, -0.2) is 18.0 Å².